The number of hydrogen-bond acceptors (Lipinski definition) is 4. The highest BCUT2D eigenvalue weighted by Gasteiger charge is 2.24. The number of hydrogen-bond donors (Lipinski definition) is 2. The van der Waals surface area contributed by atoms with Crippen molar-refractivity contribution in [3.05, 3.63) is 18.0 Å². The monoisotopic (exact) mass is 313 g/mol. The second-order valence-corrected chi connectivity index (χ2v) is 7.66. The Morgan fingerprint density at radius 3 is 2.62 bits per heavy atom. The van der Waals surface area contributed by atoms with Crippen molar-refractivity contribution in [1.82, 2.24) is 14.6 Å². The van der Waals surface area contributed by atoms with Crippen LogP contribution in [0.15, 0.2) is 17.2 Å². The van der Waals surface area contributed by atoms with E-state index < -0.39 is 10.0 Å². The minimum atomic E-state index is -3.44. The second-order valence-electron chi connectivity index (χ2n) is 5.94. The molecule has 1 saturated carbocycles. The van der Waals surface area contributed by atoms with Crippen LogP contribution in [0, 0.1) is 0 Å². The Labute approximate surface area is 125 Å². The highest BCUT2D eigenvalue weighted by molar-refractivity contribution is 7.89. The first-order valence-corrected chi connectivity index (χ1v) is 9.01. The average Bonchev–Trinajstić information content (AvgIpc) is 3.20. The van der Waals surface area contributed by atoms with E-state index in [-0.39, 0.29) is 6.04 Å². The molecule has 1 aromatic heterocycles. The van der Waals surface area contributed by atoms with Gasteiger partial charge in [-0.1, -0.05) is 0 Å². The molecule has 7 heteroatoms. The van der Waals surface area contributed by atoms with E-state index >= 15 is 0 Å². The molecule has 0 unspecified atom stereocenters. The van der Waals surface area contributed by atoms with Crippen LogP contribution in [0.3, 0.4) is 0 Å². The lowest BCUT2D eigenvalue weighted by Crippen LogP contribution is -2.38. The van der Waals surface area contributed by atoms with E-state index in [1.165, 1.54) is 12.8 Å². The highest BCUT2D eigenvalue weighted by atomic mass is 32.2. The van der Waals surface area contributed by atoms with E-state index in [1.54, 1.807) is 12.3 Å². The van der Waals surface area contributed by atoms with Crippen LogP contribution in [0.5, 0.6) is 0 Å². The zero-order chi connectivity index (χ0) is 14.9. The fourth-order valence-electron chi connectivity index (χ4n) is 2.54. The van der Waals surface area contributed by atoms with Gasteiger partial charge in [0.15, 0.2) is 0 Å². The van der Waals surface area contributed by atoms with Gasteiger partial charge in [-0.15, -0.1) is 0 Å². The lowest BCUT2D eigenvalue weighted by molar-refractivity contribution is 0.0832. The lowest BCUT2D eigenvalue weighted by atomic mass is 10.1. The molecule has 0 atom stereocenters. The topological polar surface area (TPSA) is 72.4 Å². The minimum absolute atomic E-state index is 0.0167. The van der Waals surface area contributed by atoms with Crippen LogP contribution in [-0.2, 0) is 28.4 Å². The summed E-state index contributed by atoms with van der Waals surface area (Å²) in [5.74, 6) is 0. The second kappa shape index (κ2) is 6.08. The number of nitrogens with one attached hydrogen (secondary N) is 2. The van der Waals surface area contributed by atoms with Gasteiger partial charge in [0.1, 0.15) is 0 Å². The van der Waals surface area contributed by atoms with Crippen LogP contribution in [0.25, 0.3) is 0 Å². The molecule has 0 amide bonds. The summed E-state index contributed by atoms with van der Waals surface area (Å²) in [5, 5.41) is 3.41. The molecule has 21 heavy (non-hydrogen) atoms. The van der Waals surface area contributed by atoms with Crippen molar-refractivity contribution < 1.29 is 13.2 Å². The van der Waals surface area contributed by atoms with Crippen molar-refractivity contribution in [2.24, 2.45) is 7.05 Å². The summed E-state index contributed by atoms with van der Waals surface area (Å²) in [6.45, 7) is 1.96. The predicted octanol–water partition coefficient (Wildman–Crippen LogP) is 0.734. The van der Waals surface area contributed by atoms with E-state index in [2.05, 4.69) is 10.0 Å². The third-order valence-corrected chi connectivity index (χ3v) is 5.57. The van der Waals surface area contributed by atoms with Crippen LogP contribution < -0.4 is 10.0 Å². The Morgan fingerprint density at radius 2 is 1.95 bits per heavy atom. The smallest absolute Gasteiger partial charge is 0.242 e. The first-order valence-electron chi connectivity index (χ1n) is 7.53. The zero-order valence-corrected chi connectivity index (χ0v) is 13.2. The van der Waals surface area contributed by atoms with Crippen molar-refractivity contribution in [2.75, 3.05) is 13.2 Å². The molecule has 1 aromatic rings. The first-order chi connectivity index (χ1) is 10.0. The maximum Gasteiger partial charge on any atom is 0.242 e. The fraction of sp³-hybridized carbons (Fsp3) is 0.714. The predicted molar refractivity (Wildman–Crippen MR) is 79.4 cm³/mol. The third-order valence-electron chi connectivity index (χ3n) is 4.09. The number of sulfonamides is 1. The van der Waals surface area contributed by atoms with Crippen molar-refractivity contribution in [3.63, 3.8) is 0 Å². The van der Waals surface area contributed by atoms with E-state index in [0.29, 0.717) is 30.7 Å². The Bertz CT molecular complexity index is 587. The molecular weight excluding hydrogens is 290 g/mol. The maximum absolute atomic E-state index is 12.4. The van der Waals surface area contributed by atoms with Gasteiger partial charge in [0, 0.05) is 50.8 Å². The number of nitrogens with zero attached hydrogens (tertiary/aromatic N) is 1. The third kappa shape index (κ3) is 3.85. The average molecular weight is 313 g/mol. The minimum Gasteiger partial charge on any atom is -0.381 e. The lowest BCUT2D eigenvalue weighted by Gasteiger charge is -2.22. The highest BCUT2D eigenvalue weighted by Crippen LogP contribution is 2.21. The summed E-state index contributed by atoms with van der Waals surface area (Å²) >= 11 is 0. The largest absolute Gasteiger partial charge is 0.381 e. The Kier molecular flexibility index (Phi) is 4.35. The molecule has 2 aliphatic rings. The van der Waals surface area contributed by atoms with Crippen LogP contribution >= 0.6 is 0 Å². The molecule has 2 N–H and O–H groups in total. The molecule has 118 valence electrons. The molecule has 0 spiro atoms. The van der Waals surface area contributed by atoms with Gasteiger partial charge in [-0.05, 0) is 31.7 Å². The van der Waals surface area contributed by atoms with Gasteiger partial charge in [0.05, 0.1) is 4.90 Å². The number of aromatic nitrogens is 1. The molecule has 0 aromatic carbocycles. The van der Waals surface area contributed by atoms with Crippen molar-refractivity contribution in [3.8, 4) is 0 Å². The summed E-state index contributed by atoms with van der Waals surface area (Å²) in [6.07, 6.45) is 5.61. The van der Waals surface area contributed by atoms with Gasteiger partial charge in [-0.2, -0.15) is 0 Å². The zero-order valence-electron chi connectivity index (χ0n) is 12.3. The Morgan fingerprint density at radius 1 is 1.24 bits per heavy atom. The van der Waals surface area contributed by atoms with Crippen molar-refractivity contribution in [1.29, 1.82) is 0 Å². The van der Waals surface area contributed by atoms with Gasteiger partial charge < -0.3 is 14.6 Å². The van der Waals surface area contributed by atoms with Gasteiger partial charge in [0.2, 0.25) is 10.0 Å². The van der Waals surface area contributed by atoms with Gasteiger partial charge in [-0.25, -0.2) is 13.1 Å². The van der Waals surface area contributed by atoms with Gasteiger partial charge in [0.25, 0.3) is 0 Å². The van der Waals surface area contributed by atoms with Crippen molar-refractivity contribution in [2.45, 2.75) is 49.2 Å². The summed E-state index contributed by atoms with van der Waals surface area (Å²) in [4.78, 5) is 0.351. The molecule has 6 nitrogen and oxygen atoms in total. The van der Waals surface area contributed by atoms with E-state index in [4.69, 9.17) is 4.74 Å². The Balaban J connectivity index is 1.67. The normalized spacial score (nSPS) is 20.8. The molecule has 1 aliphatic heterocycles. The molecule has 0 bridgehead atoms. The SMILES string of the molecule is Cn1cc(S(=O)(=O)NC2CCOCC2)cc1CNC1CC1. The van der Waals surface area contributed by atoms with E-state index in [0.717, 1.165) is 18.5 Å². The fourth-order valence-corrected chi connectivity index (χ4v) is 3.94. The molecule has 2 fully saturated rings. The van der Waals surface area contributed by atoms with Crippen LogP contribution in [0.4, 0.5) is 0 Å². The van der Waals surface area contributed by atoms with Crippen LogP contribution in [0.1, 0.15) is 31.4 Å². The number of ether oxygens (including phenoxy) is 1. The van der Waals surface area contributed by atoms with Crippen LogP contribution in [0.2, 0.25) is 0 Å². The summed E-state index contributed by atoms with van der Waals surface area (Å²) in [6, 6.07) is 2.36. The van der Waals surface area contributed by atoms with Gasteiger partial charge in [-0.3, -0.25) is 0 Å². The van der Waals surface area contributed by atoms with Crippen LogP contribution in [-0.4, -0.2) is 38.3 Å². The van der Waals surface area contributed by atoms with E-state index in [9.17, 15) is 8.42 Å². The van der Waals surface area contributed by atoms with Crippen molar-refractivity contribution >= 4 is 10.0 Å². The number of rotatable bonds is 6. The standard InChI is InChI=1S/C14H23N3O3S/c1-17-10-14(8-13(17)9-15-11-2-3-11)21(18,19)16-12-4-6-20-7-5-12/h8,10-12,15-16H,2-7,9H2,1H3. The van der Waals surface area contributed by atoms with Gasteiger partial charge >= 0.3 is 0 Å². The maximum atomic E-state index is 12.4. The molecule has 2 heterocycles. The molecule has 3 rings (SSSR count). The quantitative estimate of drug-likeness (QED) is 0.812. The first kappa shape index (κ1) is 15.0. The summed E-state index contributed by atoms with van der Waals surface area (Å²) in [7, 11) is -1.55. The summed E-state index contributed by atoms with van der Waals surface area (Å²) in [5.41, 5.74) is 0.995. The van der Waals surface area contributed by atoms with E-state index in [1.807, 2.05) is 11.6 Å². The number of aryl methyl sites for hydroxylation is 1. The summed E-state index contributed by atoms with van der Waals surface area (Å²) < 4.78 is 34.8. The Hall–Kier alpha value is -0.890. The molecule has 1 aliphatic carbocycles. The molecule has 1 saturated heterocycles. The molecular formula is C14H23N3O3S. The molecule has 0 radical (unpaired) electrons.